The van der Waals surface area contributed by atoms with Crippen LogP contribution < -0.4 is 10.9 Å². The summed E-state index contributed by atoms with van der Waals surface area (Å²) in [5.74, 6) is -0.213. The van der Waals surface area contributed by atoms with Gasteiger partial charge in [-0.05, 0) is 37.7 Å². The van der Waals surface area contributed by atoms with Crippen LogP contribution in [0.3, 0.4) is 0 Å². The second-order valence-electron chi connectivity index (χ2n) is 5.77. The highest BCUT2D eigenvalue weighted by Gasteiger charge is 2.33. The maximum Gasteiger partial charge on any atom is 0.267 e. The molecule has 1 amide bonds. The highest BCUT2D eigenvalue weighted by Crippen LogP contribution is 2.40. The number of H-pyrrole nitrogens is 1. The fourth-order valence-corrected chi connectivity index (χ4v) is 3.02. The SMILES string of the molecule is CCOCCC1(CNC(=O)c2cccc(=O)[nH]2)CCCC1. The van der Waals surface area contributed by atoms with Crippen molar-refractivity contribution in [1.82, 2.24) is 10.3 Å². The molecule has 0 saturated heterocycles. The smallest absolute Gasteiger partial charge is 0.267 e. The van der Waals surface area contributed by atoms with E-state index in [1.165, 1.54) is 18.9 Å². The highest BCUT2D eigenvalue weighted by atomic mass is 16.5. The summed E-state index contributed by atoms with van der Waals surface area (Å²) in [4.78, 5) is 25.9. The van der Waals surface area contributed by atoms with Gasteiger partial charge in [0.2, 0.25) is 5.56 Å². The quantitative estimate of drug-likeness (QED) is 0.756. The van der Waals surface area contributed by atoms with E-state index in [4.69, 9.17) is 4.74 Å². The molecule has 2 rings (SSSR count). The van der Waals surface area contributed by atoms with Crippen LogP contribution in [0.25, 0.3) is 0 Å². The Hall–Kier alpha value is -1.62. The first kappa shape index (κ1) is 15.8. The predicted molar refractivity (Wildman–Crippen MR) is 81.4 cm³/mol. The molecule has 1 aliphatic rings. The van der Waals surface area contributed by atoms with Crippen molar-refractivity contribution >= 4 is 5.91 Å². The molecule has 1 fully saturated rings. The minimum Gasteiger partial charge on any atom is -0.382 e. The van der Waals surface area contributed by atoms with Gasteiger partial charge >= 0.3 is 0 Å². The minimum atomic E-state index is -0.255. The molecule has 5 heteroatoms. The number of hydrogen-bond acceptors (Lipinski definition) is 3. The number of nitrogens with one attached hydrogen (secondary N) is 2. The van der Waals surface area contributed by atoms with E-state index in [0.717, 1.165) is 32.5 Å². The molecule has 0 atom stereocenters. The lowest BCUT2D eigenvalue weighted by molar-refractivity contribution is 0.0859. The number of aromatic amines is 1. The Morgan fingerprint density at radius 3 is 2.81 bits per heavy atom. The molecular weight excluding hydrogens is 268 g/mol. The topological polar surface area (TPSA) is 71.2 Å². The Morgan fingerprint density at radius 2 is 2.14 bits per heavy atom. The van der Waals surface area contributed by atoms with Crippen LogP contribution in [0, 0.1) is 5.41 Å². The first-order valence-electron chi connectivity index (χ1n) is 7.70. The van der Waals surface area contributed by atoms with Gasteiger partial charge in [0.1, 0.15) is 5.69 Å². The summed E-state index contributed by atoms with van der Waals surface area (Å²) in [6, 6.07) is 4.61. The van der Waals surface area contributed by atoms with E-state index in [2.05, 4.69) is 10.3 Å². The van der Waals surface area contributed by atoms with Crippen molar-refractivity contribution < 1.29 is 9.53 Å². The summed E-state index contributed by atoms with van der Waals surface area (Å²) in [5, 5.41) is 2.97. The molecule has 2 N–H and O–H groups in total. The van der Waals surface area contributed by atoms with Crippen molar-refractivity contribution in [3.05, 3.63) is 34.2 Å². The second kappa shape index (κ2) is 7.41. The van der Waals surface area contributed by atoms with Gasteiger partial charge in [-0.2, -0.15) is 0 Å². The maximum absolute atomic E-state index is 12.1. The zero-order chi connectivity index (χ0) is 15.1. The Morgan fingerprint density at radius 1 is 1.38 bits per heavy atom. The van der Waals surface area contributed by atoms with Gasteiger partial charge in [-0.1, -0.05) is 18.9 Å². The van der Waals surface area contributed by atoms with Crippen molar-refractivity contribution in [2.24, 2.45) is 5.41 Å². The van der Waals surface area contributed by atoms with Crippen LogP contribution in [-0.2, 0) is 4.74 Å². The summed E-state index contributed by atoms with van der Waals surface area (Å²) in [5.41, 5.74) is 0.218. The molecular formula is C16H24N2O3. The Bertz CT molecular complexity index is 518. The summed E-state index contributed by atoms with van der Waals surface area (Å²) >= 11 is 0. The molecule has 0 spiro atoms. The Kier molecular flexibility index (Phi) is 5.56. The van der Waals surface area contributed by atoms with Gasteiger partial charge in [-0.3, -0.25) is 9.59 Å². The lowest BCUT2D eigenvalue weighted by Gasteiger charge is -2.29. The van der Waals surface area contributed by atoms with Gasteiger partial charge in [0, 0.05) is 25.8 Å². The van der Waals surface area contributed by atoms with Gasteiger partial charge in [0.05, 0.1) is 0 Å². The molecule has 1 heterocycles. The molecule has 5 nitrogen and oxygen atoms in total. The average Bonchev–Trinajstić information content (AvgIpc) is 2.94. The summed E-state index contributed by atoms with van der Waals surface area (Å²) in [7, 11) is 0. The number of hydrogen-bond donors (Lipinski definition) is 2. The van der Waals surface area contributed by atoms with Gasteiger partial charge in [0.25, 0.3) is 5.91 Å². The molecule has 1 aliphatic carbocycles. The normalized spacial score (nSPS) is 16.8. The van der Waals surface area contributed by atoms with Crippen LogP contribution >= 0.6 is 0 Å². The largest absolute Gasteiger partial charge is 0.382 e. The van der Waals surface area contributed by atoms with Gasteiger partial charge in [-0.25, -0.2) is 0 Å². The Labute approximate surface area is 125 Å². The van der Waals surface area contributed by atoms with Crippen molar-refractivity contribution in [3.63, 3.8) is 0 Å². The molecule has 1 saturated carbocycles. The first-order valence-corrected chi connectivity index (χ1v) is 7.70. The van der Waals surface area contributed by atoms with Crippen LogP contribution in [0.1, 0.15) is 49.5 Å². The third-order valence-electron chi connectivity index (χ3n) is 4.28. The molecule has 0 radical (unpaired) electrons. The molecule has 116 valence electrons. The monoisotopic (exact) mass is 292 g/mol. The standard InChI is InChI=1S/C16H24N2O3/c1-2-21-11-10-16(8-3-4-9-16)12-17-15(20)13-6-5-7-14(19)18-13/h5-7H,2-4,8-12H2,1H3,(H,17,20)(H,18,19). The molecule has 1 aromatic heterocycles. The zero-order valence-corrected chi connectivity index (χ0v) is 12.6. The van der Waals surface area contributed by atoms with Gasteiger partial charge in [-0.15, -0.1) is 0 Å². The van der Waals surface area contributed by atoms with Gasteiger partial charge < -0.3 is 15.0 Å². The molecule has 0 bridgehead atoms. The molecule has 0 unspecified atom stereocenters. The fourth-order valence-electron chi connectivity index (χ4n) is 3.02. The number of rotatable bonds is 7. The van der Waals surface area contributed by atoms with E-state index in [1.807, 2.05) is 6.92 Å². The average molecular weight is 292 g/mol. The van der Waals surface area contributed by atoms with E-state index in [1.54, 1.807) is 12.1 Å². The number of ether oxygens (including phenoxy) is 1. The van der Waals surface area contributed by atoms with Crippen molar-refractivity contribution in [2.45, 2.75) is 39.0 Å². The highest BCUT2D eigenvalue weighted by molar-refractivity contribution is 5.92. The number of carbonyl (C=O) groups excluding carboxylic acids is 1. The van der Waals surface area contributed by atoms with E-state index in [9.17, 15) is 9.59 Å². The molecule has 1 aromatic rings. The number of amides is 1. The summed E-state index contributed by atoms with van der Waals surface area (Å²) in [6.07, 6.45) is 5.66. The van der Waals surface area contributed by atoms with Crippen molar-refractivity contribution in [1.29, 1.82) is 0 Å². The molecule has 0 aromatic carbocycles. The Balaban J connectivity index is 1.92. The van der Waals surface area contributed by atoms with Crippen LogP contribution in [0.4, 0.5) is 0 Å². The van der Waals surface area contributed by atoms with E-state index in [0.29, 0.717) is 12.2 Å². The van der Waals surface area contributed by atoms with Crippen LogP contribution in [-0.4, -0.2) is 30.6 Å². The van der Waals surface area contributed by atoms with Gasteiger partial charge in [0.15, 0.2) is 0 Å². The van der Waals surface area contributed by atoms with Crippen molar-refractivity contribution in [3.8, 4) is 0 Å². The fraction of sp³-hybridized carbons (Fsp3) is 0.625. The van der Waals surface area contributed by atoms with Crippen molar-refractivity contribution in [2.75, 3.05) is 19.8 Å². The minimum absolute atomic E-state index is 0.153. The first-order chi connectivity index (χ1) is 10.2. The zero-order valence-electron chi connectivity index (χ0n) is 12.6. The number of pyridine rings is 1. The summed E-state index contributed by atoms with van der Waals surface area (Å²) < 4.78 is 5.47. The maximum atomic E-state index is 12.1. The van der Waals surface area contributed by atoms with Crippen LogP contribution in [0.2, 0.25) is 0 Å². The predicted octanol–water partition coefficient (Wildman–Crippen LogP) is 2.09. The second-order valence-corrected chi connectivity index (χ2v) is 5.77. The number of carbonyl (C=O) groups is 1. The third-order valence-corrected chi connectivity index (χ3v) is 4.28. The molecule has 21 heavy (non-hydrogen) atoms. The molecule has 0 aliphatic heterocycles. The van der Waals surface area contributed by atoms with E-state index in [-0.39, 0.29) is 16.9 Å². The third kappa shape index (κ3) is 4.43. The van der Waals surface area contributed by atoms with E-state index >= 15 is 0 Å². The lowest BCUT2D eigenvalue weighted by Crippen LogP contribution is -2.37. The van der Waals surface area contributed by atoms with E-state index < -0.39 is 0 Å². The van der Waals surface area contributed by atoms with Crippen LogP contribution in [0.15, 0.2) is 23.0 Å². The van der Waals surface area contributed by atoms with Crippen LogP contribution in [0.5, 0.6) is 0 Å². The summed E-state index contributed by atoms with van der Waals surface area (Å²) in [6.45, 7) is 4.12. The number of aromatic nitrogens is 1. The lowest BCUT2D eigenvalue weighted by atomic mass is 9.83.